The Morgan fingerprint density at radius 2 is 2.29 bits per heavy atom. The molecule has 1 aromatic rings. The van der Waals surface area contributed by atoms with Crippen LogP contribution in [0.4, 0.5) is 0 Å². The molecule has 1 atom stereocenters. The summed E-state index contributed by atoms with van der Waals surface area (Å²) >= 11 is 0. The van der Waals surface area contributed by atoms with Gasteiger partial charge in [0.05, 0.1) is 6.61 Å². The minimum Gasteiger partial charge on any atom is -0.367 e. The highest BCUT2D eigenvalue weighted by molar-refractivity contribution is 4.96. The van der Waals surface area contributed by atoms with Crippen molar-refractivity contribution in [2.24, 2.45) is 0 Å². The maximum Gasteiger partial charge on any atom is 0.229 e. The molecular formula is C12H21N3O2. The average molecular weight is 239 g/mol. The van der Waals surface area contributed by atoms with Gasteiger partial charge in [-0.1, -0.05) is 25.9 Å². The highest BCUT2D eigenvalue weighted by Crippen LogP contribution is 2.21. The van der Waals surface area contributed by atoms with Gasteiger partial charge in [0.25, 0.3) is 0 Å². The molecule has 5 nitrogen and oxygen atoms in total. The van der Waals surface area contributed by atoms with Crippen LogP contribution >= 0.6 is 0 Å². The third kappa shape index (κ3) is 3.04. The molecule has 5 heteroatoms. The van der Waals surface area contributed by atoms with Crippen LogP contribution in [0.3, 0.4) is 0 Å². The van der Waals surface area contributed by atoms with Crippen LogP contribution < -0.4 is 0 Å². The monoisotopic (exact) mass is 239 g/mol. The molecule has 0 bridgehead atoms. The quantitative estimate of drug-likeness (QED) is 0.804. The number of hydrogen-bond acceptors (Lipinski definition) is 5. The molecule has 2 heterocycles. The molecule has 0 aromatic carbocycles. The van der Waals surface area contributed by atoms with Crippen molar-refractivity contribution in [3.63, 3.8) is 0 Å². The van der Waals surface area contributed by atoms with E-state index in [9.17, 15) is 0 Å². The second-order valence-corrected chi connectivity index (χ2v) is 4.81. The van der Waals surface area contributed by atoms with Crippen molar-refractivity contribution < 1.29 is 9.26 Å². The lowest BCUT2D eigenvalue weighted by atomic mass is 10.2. The molecule has 17 heavy (non-hydrogen) atoms. The molecule has 1 aliphatic heterocycles. The van der Waals surface area contributed by atoms with Gasteiger partial charge < -0.3 is 9.26 Å². The van der Waals surface area contributed by atoms with Crippen LogP contribution in [0.25, 0.3) is 0 Å². The van der Waals surface area contributed by atoms with Crippen LogP contribution in [0, 0.1) is 0 Å². The van der Waals surface area contributed by atoms with E-state index in [1.54, 1.807) is 0 Å². The number of ether oxygens (including phenoxy) is 1. The van der Waals surface area contributed by atoms with Gasteiger partial charge in [0.2, 0.25) is 11.7 Å². The average Bonchev–Trinajstić information content (AvgIpc) is 2.79. The van der Waals surface area contributed by atoms with Crippen LogP contribution in [-0.4, -0.2) is 41.3 Å². The van der Waals surface area contributed by atoms with E-state index in [4.69, 9.17) is 9.26 Å². The summed E-state index contributed by atoms with van der Waals surface area (Å²) in [4.78, 5) is 6.79. The summed E-state index contributed by atoms with van der Waals surface area (Å²) in [5.74, 6) is 1.65. The number of nitrogens with zero attached hydrogens (tertiary/aromatic N) is 3. The summed E-state index contributed by atoms with van der Waals surface area (Å²) in [6, 6.07) is 0. The fourth-order valence-corrected chi connectivity index (χ4v) is 1.99. The zero-order valence-electron chi connectivity index (χ0n) is 10.8. The summed E-state index contributed by atoms with van der Waals surface area (Å²) in [5, 5.41) is 4.02. The van der Waals surface area contributed by atoms with Crippen molar-refractivity contribution in [1.29, 1.82) is 0 Å². The van der Waals surface area contributed by atoms with Crippen molar-refractivity contribution in [2.45, 2.75) is 39.2 Å². The molecule has 0 saturated carbocycles. The van der Waals surface area contributed by atoms with Crippen LogP contribution in [0.1, 0.15) is 50.9 Å². The number of hydrogen-bond donors (Lipinski definition) is 0. The van der Waals surface area contributed by atoms with Crippen LogP contribution in [-0.2, 0) is 4.74 Å². The minimum atomic E-state index is -0.0356. The van der Waals surface area contributed by atoms with Gasteiger partial charge >= 0.3 is 0 Å². The molecule has 2 rings (SSSR count). The van der Waals surface area contributed by atoms with Gasteiger partial charge in [0, 0.05) is 19.0 Å². The Hall–Kier alpha value is -0.940. The van der Waals surface area contributed by atoms with E-state index in [1.165, 1.54) is 0 Å². The van der Waals surface area contributed by atoms with Gasteiger partial charge in [-0.05, 0) is 13.0 Å². The Morgan fingerprint density at radius 1 is 1.47 bits per heavy atom. The van der Waals surface area contributed by atoms with Crippen LogP contribution in [0.15, 0.2) is 4.52 Å². The van der Waals surface area contributed by atoms with Gasteiger partial charge in [0.15, 0.2) is 0 Å². The maximum atomic E-state index is 5.71. The molecule has 0 aliphatic carbocycles. The highest BCUT2D eigenvalue weighted by atomic mass is 16.5. The Balaban J connectivity index is 2.00. The van der Waals surface area contributed by atoms with Gasteiger partial charge in [-0.15, -0.1) is 0 Å². The number of aromatic nitrogens is 2. The Morgan fingerprint density at radius 3 is 2.94 bits per heavy atom. The number of morpholine rings is 1. The van der Waals surface area contributed by atoms with Crippen molar-refractivity contribution in [3.05, 3.63) is 11.7 Å². The van der Waals surface area contributed by atoms with E-state index in [-0.39, 0.29) is 12.0 Å². The fourth-order valence-electron chi connectivity index (χ4n) is 1.99. The molecular weight excluding hydrogens is 218 g/mol. The lowest BCUT2D eigenvalue weighted by Crippen LogP contribution is -2.39. The van der Waals surface area contributed by atoms with Crippen LogP contribution in [0.5, 0.6) is 0 Å². The van der Waals surface area contributed by atoms with E-state index in [0.717, 1.165) is 32.7 Å². The smallest absolute Gasteiger partial charge is 0.229 e. The van der Waals surface area contributed by atoms with Gasteiger partial charge in [-0.25, -0.2) is 0 Å². The minimum absolute atomic E-state index is 0.0356. The lowest BCUT2D eigenvalue weighted by Gasteiger charge is -2.30. The standard InChI is InChI=1S/C12H21N3O2/c1-4-5-15-6-7-16-10(8-15)11-13-12(9(2)3)17-14-11/h9-10H,4-8H2,1-3H3/t10-/m1/s1. The Kier molecular flexibility index (Phi) is 4.12. The molecule has 1 aromatic heterocycles. The molecule has 0 amide bonds. The summed E-state index contributed by atoms with van der Waals surface area (Å²) < 4.78 is 10.9. The fraction of sp³-hybridized carbons (Fsp3) is 0.833. The summed E-state index contributed by atoms with van der Waals surface area (Å²) in [7, 11) is 0. The summed E-state index contributed by atoms with van der Waals surface area (Å²) in [5.41, 5.74) is 0. The van der Waals surface area contributed by atoms with E-state index in [2.05, 4.69) is 22.0 Å². The van der Waals surface area contributed by atoms with Crippen LogP contribution in [0.2, 0.25) is 0 Å². The van der Waals surface area contributed by atoms with Gasteiger partial charge in [-0.3, -0.25) is 4.90 Å². The van der Waals surface area contributed by atoms with E-state index < -0.39 is 0 Å². The number of rotatable bonds is 4. The predicted octanol–water partition coefficient (Wildman–Crippen LogP) is 1.98. The highest BCUT2D eigenvalue weighted by Gasteiger charge is 2.26. The molecule has 0 N–H and O–H groups in total. The van der Waals surface area contributed by atoms with E-state index in [0.29, 0.717) is 11.7 Å². The molecule has 96 valence electrons. The second kappa shape index (κ2) is 5.60. The van der Waals surface area contributed by atoms with E-state index in [1.807, 2.05) is 13.8 Å². The van der Waals surface area contributed by atoms with Gasteiger partial charge in [-0.2, -0.15) is 4.98 Å². The third-order valence-electron chi connectivity index (χ3n) is 2.93. The topological polar surface area (TPSA) is 51.4 Å². The van der Waals surface area contributed by atoms with E-state index >= 15 is 0 Å². The summed E-state index contributed by atoms with van der Waals surface area (Å²) in [6.07, 6.45) is 1.13. The Bertz CT molecular complexity index is 349. The van der Waals surface area contributed by atoms with Crippen molar-refractivity contribution >= 4 is 0 Å². The summed E-state index contributed by atoms with van der Waals surface area (Å²) in [6.45, 7) is 10.00. The predicted molar refractivity (Wildman–Crippen MR) is 63.8 cm³/mol. The molecule has 1 aliphatic rings. The zero-order chi connectivity index (χ0) is 12.3. The maximum absolute atomic E-state index is 5.71. The largest absolute Gasteiger partial charge is 0.367 e. The van der Waals surface area contributed by atoms with Crippen molar-refractivity contribution in [1.82, 2.24) is 15.0 Å². The SMILES string of the molecule is CCCN1CCO[C@@H](c2noc(C(C)C)n2)C1. The Labute approximate surface area is 102 Å². The zero-order valence-corrected chi connectivity index (χ0v) is 10.8. The molecule has 1 fully saturated rings. The first-order chi connectivity index (χ1) is 8.20. The second-order valence-electron chi connectivity index (χ2n) is 4.81. The molecule has 0 unspecified atom stereocenters. The molecule has 0 radical (unpaired) electrons. The normalized spacial score (nSPS) is 22.2. The van der Waals surface area contributed by atoms with Crippen molar-refractivity contribution in [2.75, 3.05) is 26.2 Å². The first-order valence-electron chi connectivity index (χ1n) is 6.38. The molecule has 0 spiro atoms. The molecule has 1 saturated heterocycles. The third-order valence-corrected chi connectivity index (χ3v) is 2.93. The van der Waals surface area contributed by atoms with Crippen molar-refractivity contribution in [3.8, 4) is 0 Å². The first kappa shape index (κ1) is 12.5. The lowest BCUT2D eigenvalue weighted by molar-refractivity contribution is -0.0350. The van der Waals surface area contributed by atoms with Gasteiger partial charge in [0.1, 0.15) is 6.10 Å². The first-order valence-corrected chi connectivity index (χ1v) is 6.38.